The Morgan fingerprint density at radius 3 is 2.74 bits per heavy atom. The van der Waals surface area contributed by atoms with E-state index in [-0.39, 0.29) is 6.10 Å². The number of rotatable bonds is 12. The maximum absolute atomic E-state index is 9.74. The predicted molar refractivity (Wildman–Crippen MR) is 79.4 cm³/mol. The average molecular weight is 272 g/mol. The number of hydrogen-bond donors (Lipinski definition) is 2. The minimum absolute atomic E-state index is 0.384. The normalized spacial score (nSPS) is 17.4. The zero-order valence-corrected chi connectivity index (χ0v) is 12.9. The molecule has 0 aromatic rings. The Morgan fingerprint density at radius 1 is 1.37 bits per heavy atom. The molecule has 1 aliphatic carbocycles. The number of nitrogens with one attached hydrogen (secondary N) is 1. The van der Waals surface area contributed by atoms with Gasteiger partial charge in [-0.15, -0.1) is 0 Å². The molecule has 2 N–H and O–H groups in total. The summed E-state index contributed by atoms with van der Waals surface area (Å²) in [5.74, 6) is 0.735. The van der Waals surface area contributed by atoms with Crippen LogP contribution < -0.4 is 5.32 Å². The molecule has 1 saturated carbocycles. The lowest BCUT2D eigenvalue weighted by Gasteiger charge is -2.17. The molecule has 19 heavy (non-hydrogen) atoms. The van der Waals surface area contributed by atoms with Crippen molar-refractivity contribution in [1.82, 2.24) is 10.2 Å². The van der Waals surface area contributed by atoms with E-state index in [9.17, 15) is 5.11 Å². The second kappa shape index (κ2) is 9.70. The molecule has 4 heteroatoms. The van der Waals surface area contributed by atoms with Crippen LogP contribution in [-0.4, -0.2) is 62.0 Å². The van der Waals surface area contributed by atoms with E-state index >= 15 is 0 Å². The molecule has 0 aromatic heterocycles. The van der Waals surface area contributed by atoms with Crippen LogP contribution in [0.5, 0.6) is 0 Å². The van der Waals surface area contributed by atoms with E-state index in [1.807, 2.05) is 0 Å². The minimum atomic E-state index is -0.384. The molecule has 4 nitrogen and oxygen atoms in total. The first-order chi connectivity index (χ1) is 9.09. The molecule has 1 unspecified atom stereocenters. The van der Waals surface area contributed by atoms with Crippen LogP contribution >= 0.6 is 0 Å². The molecule has 0 spiro atoms. The number of hydrogen-bond acceptors (Lipinski definition) is 4. The molecule has 1 fully saturated rings. The van der Waals surface area contributed by atoms with Gasteiger partial charge in [0.1, 0.15) is 0 Å². The van der Waals surface area contributed by atoms with Gasteiger partial charge < -0.3 is 20.1 Å². The molecule has 0 heterocycles. The van der Waals surface area contributed by atoms with Gasteiger partial charge in [0.05, 0.1) is 12.7 Å². The van der Waals surface area contributed by atoms with Crippen LogP contribution in [0, 0.1) is 5.92 Å². The third-order valence-electron chi connectivity index (χ3n) is 3.57. The van der Waals surface area contributed by atoms with Gasteiger partial charge in [-0.25, -0.2) is 0 Å². The number of nitrogens with zero attached hydrogens (tertiary/aromatic N) is 1. The highest BCUT2D eigenvalue weighted by molar-refractivity contribution is 4.82. The van der Waals surface area contributed by atoms with E-state index in [0.717, 1.165) is 38.1 Å². The van der Waals surface area contributed by atoms with Crippen molar-refractivity contribution in [2.24, 2.45) is 5.92 Å². The van der Waals surface area contributed by atoms with Gasteiger partial charge in [0.15, 0.2) is 0 Å². The van der Waals surface area contributed by atoms with Crippen LogP contribution in [0.1, 0.15) is 39.5 Å². The molecular weight excluding hydrogens is 240 g/mol. The van der Waals surface area contributed by atoms with Crippen LogP contribution in [0.25, 0.3) is 0 Å². The van der Waals surface area contributed by atoms with Crippen LogP contribution in [0.2, 0.25) is 0 Å². The summed E-state index contributed by atoms with van der Waals surface area (Å²) in [6.45, 7) is 8.28. The fourth-order valence-corrected chi connectivity index (χ4v) is 2.09. The van der Waals surface area contributed by atoms with E-state index in [2.05, 4.69) is 31.1 Å². The Labute approximate surface area is 118 Å². The fourth-order valence-electron chi connectivity index (χ4n) is 2.09. The Kier molecular flexibility index (Phi) is 8.62. The highest BCUT2D eigenvalue weighted by Crippen LogP contribution is 2.24. The van der Waals surface area contributed by atoms with Gasteiger partial charge in [0.25, 0.3) is 0 Å². The second-order valence-corrected chi connectivity index (χ2v) is 6.18. The Balaban J connectivity index is 1.83. The largest absolute Gasteiger partial charge is 0.389 e. The summed E-state index contributed by atoms with van der Waals surface area (Å²) in [7, 11) is 2.17. The molecule has 0 aliphatic heterocycles. The lowest BCUT2D eigenvalue weighted by Crippen LogP contribution is -2.36. The Bertz CT molecular complexity index is 220. The van der Waals surface area contributed by atoms with Gasteiger partial charge >= 0.3 is 0 Å². The zero-order chi connectivity index (χ0) is 14.1. The number of likely N-dealkylation sites (N-methyl/N-ethyl adjacent to an activating group) is 1. The van der Waals surface area contributed by atoms with Crippen LogP contribution in [0.3, 0.4) is 0 Å². The molecule has 0 saturated heterocycles. The Hall–Kier alpha value is -0.160. The first-order valence-corrected chi connectivity index (χ1v) is 7.76. The van der Waals surface area contributed by atoms with Crippen molar-refractivity contribution in [1.29, 1.82) is 0 Å². The van der Waals surface area contributed by atoms with E-state index in [1.54, 1.807) is 0 Å². The van der Waals surface area contributed by atoms with Gasteiger partial charge in [0.2, 0.25) is 0 Å². The smallest absolute Gasteiger partial charge is 0.0897 e. The topological polar surface area (TPSA) is 44.7 Å². The second-order valence-electron chi connectivity index (χ2n) is 6.18. The van der Waals surface area contributed by atoms with Crippen LogP contribution in [-0.2, 0) is 4.74 Å². The van der Waals surface area contributed by atoms with Crippen molar-refractivity contribution < 1.29 is 9.84 Å². The maximum Gasteiger partial charge on any atom is 0.0897 e. The molecule has 1 atom stereocenters. The van der Waals surface area contributed by atoms with Gasteiger partial charge in [-0.3, -0.25) is 0 Å². The summed E-state index contributed by atoms with van der Waals surface area (Å²) in [5, 5.41) is 13.0. The third-order valence-corrected chi connectivity index (χ3v) is 3.57. The van der Waals surface area contributed by atoms with Crippen LogP contribution in [0.4, 0.5) is 0 Å². The van der Waals surface area contributed by atoms with Gasteiger partial charge in [-0.05, 0) is 38.6 Å². The number of ether oxygens (including phenoxy) is 1. The predicted octanol–water partition coefficient (Wildman–Crippen LogP) is 1.48. The van der Waals surface area contributed by atoms with Gasteiger partial charge in [0, 0.05) is 32.3 Å². The number of aliphatic hydroxyl groups excluding tert-OH is 1. The summed E-state index contributed by atoms with van der Waals surface area (Å²) in [4.78, 5) is 2.39. The van der Waals surface area contributed by atoms with Crippen molar-refractivity contribution in [2.75, 3.05) is 39.9 Å². The Morgan fingerprint density at radius 2 is 2.11 bits per heavy atom. The summed E-state index contributed by atoms with van der Waals surface area (Å²) in [5.41, 5.74) is 0. The molecular formula is C15H32N2O2. The number of aliphatic hydroxyl groups is 1. The van der Waals surface area contributed by atoms with Gasteiger partial charge in [-0.1, -0.05) is 13.8 Å². The molecule has 0 radical (unpaired) electrons. The quantitative estimate of drug-likeness (QED) is 0.528. The molecule has 0 aromatic carbocycles. The highest BCUT2D eigenvalue weighted by atomic mass is 16.5. The van der Waals surface area contributed by atoms with Crippen molar-refractivity contribution in [2.45, 2.75) is 51.7 Å². The minimum Gasteiger partial charge on any atom is -0.389 e. The van der Waals surface area contributed by atoms with E-state index in [4.69, 9.17) is 4.74 Å². The lowest BCUT2D eigenvalue weighted by atomic mass is 10.1. The highest BCUT2D eigenvalue weighted by Gasteiger charge is 2.25. The summed E-state index contributed by atoms with van der Waals surface area (Å²) < 4.78 is 5.47. The first kappa shape index (κ1) is 16.9. The van der Waals surface area contributed by atoms with Crippen LogP contribution in [0.15, 0.2) is 0 Å². The summed E-state index contributed by atoms with van der Waals surface area (Å²) in [6.07, 6.45) is 4.60. The van der Waals surface area contributed by atoms with Crippen molar-refractivity contribution in [3.63, 3.8) is 0 Å². The molecule has 1 rings (SSSR count). The molecule has 0 amide bonds. The first-order valence-electron chi connectivity index (χ1n) is 7.76. The van der Waals surface area contributed by atoms with E-state index in [0.29, 0.717) is 13.2 Å². The summed E-state index contributed by atoms with van der Waals surface area (Å²) in [6, 6.07) is 0.816. The van der Waals surface area contributed by atoms with Gasteiger partial charge in [-0.2, -0.15) is 0 Å². The molecule has 0 bridgehead atoms. The molecule has 1 aliphatic rings. The summed E-state index contributed by atoms with van der Waals surface area (Å²) >= 11 is 0. The monoisotopic (exact) mass is 272 g/mol. The standard InChI is InChI=1S/C15H32N2O2/c1-13(2)5-4-10-19-12-15(18)11-16-8-9-17(3)14-6-7-14/h13-16,18H,4-12H2,1-3H3. The maximum atomic E-state index is 9.74. The van der Waals surface area contributed by atoms with E-state index in [1.165, 1.54) is 19.3 Å². The molecule has 114 valence electrons. The van der Waals surface area contributed by atoms with Crippen molar-refractivity contribution >= 4 is 0 Å². The third kappa shape index (κ3) is 9.38. The SMILES string of the molecule is CC(C)CCCOCC(O)CNCCN(C)C1CC1. The fraction of sp³-hybridized carbons (Fsp3) is 1.00. The lowest BCUT2D eigenvalue weighted by molar-refractivity contribution is 0.0346. The van der Waals surface area contributed by atoms with Crippen molar-refractivity contribution in [3.8, 4) is 0 Å². The average Bonchev–Trinajstić information content (AvgIpc) is 3.17. The zero-order valence-electron chi connectivity index (χ0n) is 12.9. The van der Waals surface area contributed by atoms with E-state index < -0.39 is 0 Å². The van der Waals surface area contributed by atoms with Crippen molar-refractivity contribution in [3.05, 3.63) is 0 Å².